The standard InChI is InChI=1S/C13H18N4O4/c1-17(2)11-6-3-8(7-15-11)12(19)16-9(13(20)21)4-5-10(14)18/h3,6-7,9H,4-5H2,1-2H3,(H2,14,18)(H,16,19)(H,20,21). The molecule has 114 valence electrons. The first kappa shape index (κ1) is 16.4. The largest absolute Gasteiger partial charge is 0.480 e. The number of aliphatic carboxylic acids is 1. The summed E-state index contributed by atoms with van der Waals surface area (Å²) < 4.78 is 0. The summed E-state index contributed by atoms with van der Waals surface area (Å²) in [6, 6.07) is 2.03. The van der Waals surface area contributed by atoms with Gasteiger partial charge < -0.3 is 21.1 Å². The van der Waals surface area contributed by atoms with Gasteiger partial charge in [0, 0.05) is 26.7 Å². The summed E-state index contributed by atoms with van der Waals surface area (Å²) in [6.07, 6.45) is 1.19. The van der Waals surface area contributed by atoms with Crippen LogP contribution in [0.4, 0.5) is 5.82 Å². The molecule has 1 atom stereocenters. The van der Waals surface area contributed by atoms with Crippen molar-refractivity contribution < 1.29 is 19.5 Å². The molecule has 1 unspecified atom stereocenters. The van der Waals surface area contributed by atoms with Crippen molar-refractivity contribution in [2.45, 2.75) is 18.9 Å². The first-order chi connectivity index (χ1) is 9.81. The molecule has 8 nitrogen and oxygen atoms in total. The van der Waals surface area contributed by atoms with Crippen LogP contribution in [0.1, 0.15) is 23.2 Å². The Labute approximate surface area is 121 Å². The Balaban J connectivity index is 2.72. The van der Waals surface area contributed by atoms with E-state index in [9.17, 15) is 14.4 Å². The van der Waals surface area contributed by atoms with Crippen LogP contribution in [0.15, 0.2) is 18.3 Å². The number of pyridine rings is 1. The first-order valence-corrected chi connectivity index (χ1v) is 6.26. The Bertz CT molecular complexity index is 527. The fourth-order valence-corrected chi connectivity index (χ4v) is 1.57. The van der Waals surface area contributed by atoms with E-state index in [-0.39, 0.29) is 18.4 Å². The lowest BCUT2D eigenvalue weighted by Crippen LogP contribution is -2.41. The Morgan fingerprint density at radius 1 is 1.38 bits per heavy atom. The predicted octanol–water partition coefficient (Wildman–Crippen LogP) is -0.404. The van der Waals surface area contributed by atoms with Gasteiger partial charge in [0.2, 0.25) is 5.91 Å². The van der Waals surface area contributed by atoms with E-state index in [0.717, 1.165) is 0 Å². The van der Waals surface area contributed by atoms with Crippen molar-refractivity contribution in [1.29, 1.82) is 0 Å². The first-order valence-electron chi connectivity index (χ1n) is 6.26. The molecule has 1 heterocycles. The minimum atomic E-state index is -1.22. The average Bonchev–Trinajstić information content (AvgIpc) is 2.42. The van der Waals surface area contributed by atoms with Crippen molar-refractivity contribution in [3.63, 3.8) is 0 Å². The van der Waals surface area contributed by atoms with E-state index < -0.39 is 23.8 Å². The predicted molar refractivity (Wildman–Crippen MR) is 75.9 cm³/mol. The van der Waals surface area contributed by atoms with Gasteiger partial charge in [0.25, 0.3) is 5.91 Å². The number of nitrogens with two attached hydrogens (primary N) is 1. The number of hydrogen-bond donors (Lipinski definition) is 3. The molecule has 4 N–H and O–H groups in total. The van der Waals surface area contributed by atoms with Gasteiger partial charge in [-0.1, -0.05) is 0 Å². The highest BCUT2D eigenvalue weighted by molar-refractivity contribution is 5.96. The number of anilines is 1. The molecular formula is C13H18N4O4. The number of rotatable bonds is 7. The van der Waals surface area contributed by atoms with E-state index in [1.165, 1.54) is 6.20 Å². The molecule has 0 aromatic carbocycles. The minimum Gasteiger partial charge on any atom is -0.480 e. The van der Waals surface area contributed by atoms with E-state index in [4.69, 9.17) is 10.8 Å². The van der Waals surface area contributed by atoms with E-state index in [1.54, 1.807) is 17.0 Å². The van der Waals surface area contributed by atoms with Crippen LogP contribution in [-0.2, 0) is 9.59 Å². The molecule has 0 spiro atoms. The summed E-state index contributed by atoms with van der Waals surface area (Å²) in [7, 11) is 3.62. The van der Waals surface area contributed by atoms with Gasteiger partial charge in [0.15, 0.2) is 0 Å². The smallest absolute Gasteiger partial charge is 0.326 e. The Kier molecular flexibility index (Phi) is 5.65. The lowest BCUT2D eigenvalue weighted by Gasteiger charge is -2.14. The molecule has 0 saturated carbocycles. The number of hydrogen-bond acceptors (Lipinski definition) is 5. The van der Waals surface area contributed by atoms with E-state index in [0.29, 0.717) is 5.82 Å². The fourth-order valence-electron chi connectivity index (χ4n) is 1.57. The van der Waals surface area contributed by atoms with Crippen LogP contribution in [0.2, 0.25) is 0 Å². The van der Waals surface area contributed by atoms with Crippen LogP contribution in [0.25, 0.3) is 0 Å². The van der Waals surface area contributed by atoms with Crippen molar-refractivity contribution in [1.82, 2.24) is 10.3 Å². The summed E-state index contributed by atoms with van der Waals surface area (Å²) in [5, 5.41) is 11.3. The molecule has 0 fully saturated rings. The van der Waals surface area contributed by atoms with Crippen LogP contribution < -0.4 is 16.0 Å². The number of primary amides is 1. The number of amides is 2. The number of carboxylic acids is 1. The lowest BCUT2D eigenvalue weighted by molar-refractivity contribution is -0.139. The highest BCUT2D eigenvalue weighted by Crippen LogP contribution is 2.08. The number of aromatic nitrogens is 1. The Morgan fingerprint density at radius 2 is 2.05 bits per heavy atom. The van der Waals surface area contributed by atoms with Gasteiger partial charge in [-0.3, -0.25) is 9.59 Å². The van der Waals surface area contributed by atoms with Crippen LogP contribution in [0.3, 0.4) is 0 Å². The third-order valence-electron chi connectivity index (χ3n) is 2.75. The van der Waals surface area contributed by atoms with Crippen molar-refractivity contribution in [3.8, 4) is 0 Å². The molecule has 0 bridgehead atoms. The van der Waals surface area contributed by atoms with E-state index in [2.05, 4.69) is 10.3 Å². The summed E-state index contributed by atoms with van der Waals surface area (Å²) in [4.78, 5) is 39.5. The van der Waals surface area contributed by atoms with Gasteiger partial charge in [0.05, 0.1) is 5.56 Å². The van der Waals surface area contributed by atoms with Gasteiger partial charge in [-0.15, -0.1) is 0 Å². The zero-order chi connectivity index (χ0) is 16.0. The van der Waals surface area contributed by atoms with Crippen molar-refractivity contribution in [3.05, 3.63) is 23.9 Å². The molecule has 0 radical (unpaired) electrons. The zero-order valence-corrected chi connectivity index (χ0v) is 11.9. The molecule has 21 heavy (non-hydrogen) atoms. The van der Waals surface area contributed by atoms with Gasteiger partial charge in [-0.25, -0.2) is 9.78 Å². The molecule has 1 aromatic rings. The molecule has 0 aliphatic carbocycles. The third-order valence-corrected chi connectivity index (χ3v) is 2.75. The average molecular weight is 294 g/mol. The summed E-state index contributed by atoms with van der Waals surface area (Å²) in [5.41, 5.74) is 5.21. The maximum Gasteiger partial charge on any atom is 0.326 e. The maximum absolute atomic E-state index is 11.9. The number of carbonyl (C=O) groups excluding carboxylic acids is 2. The second-order valence-electron chi connectivity index (χ2n) is 4.67. The van der Waals surface area contributed by atoms with Crippen LogP contribution >= 0.6 is 0 Å². The van der Waals surface area contributed by atoms with Gasteiger partial charge in [-0.2, -0.15) is 0 Å². The maximum atomic E-state index is 11.9. The van der Waals surface area contributed by atoms with Crippen molar-refractivity contribution in [2.24, 2.45) is 5.73 Å². The molecule has 0 aliphatic heterocycles. The van der Waals surface area contributed by atoms with Crippen molar-refractivity contribution in [2.75, 3.05) is 19.0 Å². The number of carboxylic acid groups (broad SMARTS) is 1. The second kappa shape index (κ2) is 7.22. The molecule has 2 amide bonds. The topological polar surface area (TPSA) is 126 Å². The zero-order valence-electron chi connectivity index (χ0n) is 11.9. The SMILES string of the molecule is CN(C)c1ccc(C(=O)NC(CCC(N)=O)C(=O)O)cn1. The van der Waals surface area contributed by atoms with Gasteiger partial charge in [0.1, 0.15) is 11.9 Å². The summed E-state index contributed by atoms with van der Waals surface area (Å²) in [5.74, 6) is -1.73. The Morgan fingerprint density at radius 3 is 2.48 bits per heavy atom. The summed E-state index contributed by atoms with van der Waals surface area (Å²) in [6.45, 7) is 0. The van der Waals surface area contributed by atoms with E-state index in [1.807, 2.05) is 14.1 Å². The fraction of sp³-hybridized carbons (Fsp3) is 0.385. The molecule has 8 heteroatoms. The lowest BCUT2D eigenvalue weighted by atomic mass is 10.1. The van der Waals surface area contributed by atoms with Crippen LogP contribution in [0, 0.1) is 0 Å². The number of nitrogens with zero attached hydrogens (tertiary/aromatic N) is 2. The number of carbonyl (C=O) groups is 3. The quantitative estimate of drug-likeness (QED) is 0.628. The van der Waals surface area contributed by atoms with E-state index >= 15 is 0 Å². The second-order valence-corrected chi connectivity index (χ2v) is 4.67. The third kappa shape index (κ3) is 5.09. The van der Waals surface area contributed by atoms with Gasteiger partial charge in [-0.05, 0) is 18.6 Å². The Hall–Kier alpha value is -2.64. The normalized spacial score (nSPS) is 11.5. The molecule has 0 saturated heterocycles. The van der Waals surface area contributed by atoms with Crippen LogP contribution in [-0.4, -0.2) is 48.0 Å². The highest BCUT2D eigenvalue weighted by Gasteiger charge is 2.21. The van der Waals surface area contributed by atoms with Gasteiger partial charge >= 0.3 is 5.97 Å². The molecule has 1 aromatic heterocycles. The number of nitrogens with one attached hydrogen (secondary N) is 1. The van der Waals surface area contributed by atoms with Crippen molar-refractivity contribution >= 4 is 23.6 Å². The minimum absolute atomic E-state index is 0.0559. The molecular weight excluding hydrogens is 276 g/mol. The summed E-state index contributed by atoms with van der Waals surface area (Å²) >= 11 is 0. The monoisotopic (exact) mass is 294 g/mol. The molecule has 1 rings (SSSR count). The highest BCUT2D eigenvalue weighted by atomic mass is 16.4. The molecule has 0 aliphatic rings. The van der Waals surface area contributed by atoms with Crippen LogP contribution in [0.5, 0.6) is 0 Å².